The smallest absolute Gasteiger partial charge is 0.135 e. The second kappa shape index (κ2) is 19.2. The van der Waals surface area contributed by atoms with Gasteiger partial charge in [-0.15, -0.1) is 59.6 Å². The average molecular weight is 1210 g/mol. The summed E-state index contributed by atoms with van der Waals surface area (Å²) in [6.45, 7) is 29.7. The number of hydrogen-bond acceptors (Lipinski definition) is 5. The van der Waals surface area contributed by atoms with Crippen LogP contribution in [0.25, 0.3) is 70.0 Å². The number of benzene rings is 8. The molecule has 0 bridgehead atoms. The molecule has 4 heterocycles. The second-order valence-corrected chi connectivity index (χ2v) is 25.7. The van der Waals surface area contributed by atoms with Gasteiger partial charge in [-0.3, -0.25) is 0 Å². The summed E-state index contributed by atoms with van der Waals surface area (Å²) >= 11 is 1.83. The van der Waals surface area contributed by atoms with Crippen molar-refractivity contribution in [2.45, 2.75) is 105 Å². The van der Waals surface area contributed by atoms with Crippen molar-refractivity contribution in [1.29, 1.82) is 0 Å². The van der Waals surface area contributed by atoms with Gasteiger partial charge in [-0.05, 0) is 90.6 Å². The summed E-state index contributed by atoms with van der Waals surface area (Å²) in [6.07, 6.45) is 1.94. The Hall–Kier alpha value is -6.98. The predicted octanol–water partition coefficient (Wildman–Crippen LogP) is 19.9. The second-order valence-electron chi connectivity index (χ2n) is 24.7. The van der Waals surface area contributed by atoms with E-state index in [1.54, 1.807) is 0 Å². The van der Waals surface area contributed by atoms with Crippen LogP contribution in [-0.2, 0) is 42.7 Å². The number of pyridine rings is 1. The van der Waals surface area contributed by atoms with E-state index >= 15 is 0 Å². The first-order valence-electron chi connectivity index (χ1n) is 26.6. The van der Waals surface area contributed by atoms with E-state index in [4.69, 9.17) is 9.72 Å². The van der Waals surface area contributed by atoms with Gasteiger partial charge in [0.25, 0.3) is 0 Å². The molecule has 0 saturated heterocycles. The topological polar surface area (TPSA) is 33.5 Å². The Morgan fingerprint density at radius 2 is 1.13 bits per heavy atom. The quantitative estimate of drug-likeness (QED) is 0.149. The standard InChI is InChI=1S/C70H65N4OS.Pt/c1-67(2,3)47-33-34-71-62(40-47)74-60-42-52(30-31-57(60)66-65(74)63-54-24-17-16-23-45(54)29-32-61(63)76-66)75-53-39-50(70(10,11)12)38-51(41-53)72-43-73(59-28-19-18-27-58(59)72)64-55(44-21-14-13-15-22-44)25-20-26-56(64)46-35-48(68(4,5)6)37-49(36-46)69(7,8)9;/h13-40,43H,1-12H3;/q-3;. The number of hydrogen-bond donors (Lipinski definition) is 0. The molecule has 5 nitrogen and oxygen atoms in total. The van der Waals surface area contributed by atoms with Crippen molar-refractivity contribution in [3.63, 3.8) is 0 Å². The van der Waals surface area contributed by atoms with Gasteiger partial charge in [-0.2, -0.15) is 6.07 Å². The third kappa shape index (κ3) is 9.46. The van der Waals surface area contributed by atoms with Gasteiger partial charge in [0, 0.05) is 81.7 Å². The molecule has 0 unspecified atom stereocenters. The first kappa shape index (κ1) is 52.1. The first-order valence-corrected chi connectivity index (χ1v) is 27.4. The molecule has 1 aliphatic rings. The van der Waals surface area contributed by atoms with Gasteiger partial charge in [0.2, 0.25) is 0 Å². The zero-order chi connectivity index (χ0) is 53.1. The summed E-state index contributed by atoms with van der Waals surface area (Å²) in [5.41, 5.74) is 15.5. The fourth-order valence-electron chi connectivity index (χ4n) is 10.8. The zero-order valence-corrected chi connectivity index (χ0v) is 49.3. The molecule has 12 rings (SSSR count). The van der Waals surface area contributed by atoms with Crippen LogP contribution in [0, 0.1) is 18.8 Å². The number of fused-ring (bicyclic) bond motifs is 8. The van der Waals surface area contributed by atoms with Gasteiger partial charge < -0.3 is 19.1 Å². The molecule has 390 valence electrons. The van der Waals surface area contributed by atoms with E-state index in [0.717, 1.165) is 61.7 Å². The third-order valence-electron chi connectivity index (χ3n) is 15.1. The Bertz CT molecular complexity index is 4030. The third-order valence-corrected chi connectivity index (χ3v) is 16.3. The van der Waals surface area contributed by atoms with Crippen LogP contribution < -0.4 is 14.5 Å². The molecule has 0 fully saturated rings. The maximum Gasteiger partial charge on any atom is 0.135 e. The number of nitrogens with zero attached hydrogens (tertiary/aromatic N) is 4. The predicted molar refractivity (Wildman–Crippen MR) is 323 cm³/mol. The molecule has 3 aromatic heterocycles. The number of rotatable bonds is 7. The van der Waals surface area contributed by atoms with Gasteiger partial charge in [0.1, 0.15) is 5.82 Å². The summed E-state index contributed by atoms with van der Waals surface area (Å²) in [5.74, 6) is 2.08. The van der Waals surface area contributed by atoms with Gasteiger partial charge in [0.05, 0.1) is 5.52 Å². The Morgan fingerprint density at radius 1 is 0.506 bits per heavy atom. The van der Waals surface area contributed by atoms with Crippen LogP contribution >= 0.6 is 11.3 Å². The first-order chi connectivity index (χ1) is 36.2. The van der Waals surface area contributed by atoms with Crippen molar-refractivity contribution in [3.05, 3.63) is 211 Å². The normalized spacial score (nSPS) is 13.2. The number of thiophene rings is 1. The molecule has 0 radical (unpaired) electrons. The van der Waals surface area contributed by atoms with E-state index in [9.17, 15) is 0 Å². The molecular weight excluding hydrogens is 1140 g/mol. The fourth-order valence-corrected chi connectivity index (χ4v) is 12.0. The van der Waals surface area contributed by atoms with Gasteiger partial charge in [-0.25, -0.2) is 4.98 Å². The van der Waals surface area contributed by atoms with Crippen molar-refractivity contribution < 1.29 is 25.8 Å². The minimum atomic E-state index is -0.211. The molecule has 0 saturated carbocycles. The van der Waals surface area contributed by atoms with E-state index in [0.29, 0.717) is 11.5 Å². The minimum absolute atomic E-state index is 0. The molecule has 0 amide bonds. The fraction of sp³-hybridized carbons (Fsp3) is 0.229. The van der Waals surface area contributed by atoms with Crippen LogP contribution in [0.15, 0.2) is 170 Å². The summed E-state index contributed by atoms with van der Waals surface area (Å²) in [7, 11) is 0. The number of aromatic nitrogens is 2. The molecule has 0 aliphatic carbocycles. The van der Waals surface area contributed by atoms with Crippen molar-refractivity contribution in [2.75, 3.05) is 9.80 Å². The van der Waals surface area contributed by atoms with E-state index < -0.39 is 0 Å². The van der Waals surface area contributed by atoms with E-state index in [1.807, 2.05) is 17.5 Å². The number of para-hydroxylation sites is 3. The SMILES string of the molecule is CC(C)(C)c1cc(Oc2[c-]c3c(cc2)c2sc4ccc5ccccc5c4c2n3-c2cc(C(C)(C)C)ccn2)[c-]c(N2[CH-]N(c3c(-c4ccccc4)cccc3-c3cc(C(C)(C)C)cc(C(C)(C)C)c3)c3ccccc32)c1.[Pt]. The largest absolute Gasteiger partial charge is 0.509 e. The van der Waals surface area contributed by atoms with Crippen LogP contribution in [0.4, 0.5) is 22.7 Å². The Kier molecular flexibility index (Phi) is 13.0. The summed E-state index contributed by atoms with van der Waals surface area (Å²) in [6, 6.07) is 67.3. The average Bonchev–Trinajstić information content (AvgIpc) is 4.06. The maximum atomic E-state index is 7.06. The number of ether oxygens (including phenoxy) is 1. The molecule has 8 aromatic carbocycles. The van der Waals surface area contributed by atoms with Crippen LogP contribution in [0.2, 0.25) is 0 Å². The maximum absolute atomic E-state index is 7.06. The monoisotopic (exact) mass is 1200 g/mol. The molecule has 11 aromatic rings. The van der Waals surface area contributed by atoms with Crippen LogP contribution in [0.3, 0.4) is 0 Å². The van der Waals surface area contributed by atoms with Crippen molar-refractivity contribution in [1.82, 2.24) is 9.55 Å². The van der Waals surface area contributed by atoms with Crippen molar-refractivity contribution in [3.8, 4) is 39.6 Å². The zero-order valence-electron chi connectivity index (χ0n) is 46.2. The molecule has 77 heavy (non-hydrogen) atoms. The number of anilines is 4. The molecular formula is C70H65N4OPtS-3. The van der Waals surface area contributed by atoms with Crippen LogP contribution in [0.5, 0.6) is 11.5 Å². The summed E-state index contributed by atoms with van der Waals surface area (Å²) in [4.78, 5) is 9.75. The molecule has 1 aliphatic heterocycles. The van der Waals surface area contributed by atoms with E-state index in [2.05, 4.69) is 280 Å². The van der Waals surface area contributed by atoms with Gasteiger partial charge in [-0.1, -0.05) is 203 Å². The van der Waals surface area contributed by atoms with Gasteiger partial charge in [0.15, 0.2) is 0 Å². The Morgan fingerprint density at radius 3 is 1.82 bits per heavy atom. The Balaban J connectivity index is 0.00000631. The molecule has 0 spiro atoms. The Labute approximate surface area is 473 Å². The van der Waals surface area contributed by atoms with Crippen molar-refractivity contribution >= 4 is 76.1 Å². The van der Waals surface area contributed by atoms with Crippen molar-refractivity contribution in [2.24, 2.45) is 0 Å². The summed E-state index contributed by atoms with van der Waals surface area (Å²) in [5, 5.41) is 4.78. The van der Waals surface area contributed by atoms with Crippen LogP contribution in [-0.4, -0.2) is 9.55 Å². The molecule has 7 heteroatoms. The van der Waals surface area contributed by atoms with E-state index in [1.165, 1.54) is 53.4 Å². The molecule has 0 N–H and O–H groups in total. The molecule has 0 atom stereocenters. The summed E-state index contributed by atoms with van der Waals surface area (Å²) < 4.78 is 11.8. The van der Waals surface area contributed by atoms with E-state index in [-0.39, 0.29) is 42.7 Å². The van der Waals surface area contributed by atoms with Crippen LogP contribution in [0.1, 0.15) is 105 Å². The van der Waals surface area contributed by atoms with Gasteiger partial charge >= 0.3 is 0 Å². The minimum Gasteiger partial charge on any atom is -0.509 e.